The minimum absolute atomic E-state index is 0.137. The standard InChI is InChI=1S/C14H18N2O3S2/c1-19-9-8-16(11-12-5-4-10-20-12)21(17,18)14-7-3-2-6-13(14)15/h2-7,10H,8-9,11,15H2,1H3. The van der Waals surface area contributed by atoms with Crippen LogP contribution < -0.4 is 5.73 Å². The lowest BCUT2D eigenvalue weighted by atomic mass is 10.3. The molecule has 0 aliphatic heterocycles. The van der Waals surface area contributed by atoms with Gasteiger partial charge in [-0.3, -0.25) is 0 Å². The molecule has 0 saturated heterocycles. The van der Waals surface area contributed by atoms with Crippen LogP contribution in [0, 0.1) is 0 Å². The molecule has 0 amide bonds. The van der Waals surface area contributed by atoms with Crippen LogP contribution >= 0.6 is 11.3 Å². The zero-order chi connectivity index (χ0) is 15.3. The minimum Gasteiger partial charge on any atom is -0.398 e. The van der Waals surface area contributed by atoms with Gasteiger partial charge in [0, 0.05) is 25.1 Å². The first kappa shape index (κ1) is 16.0. The summed E-state index contributed by atoms with van der Waals surface area (Å²) >= 11 is 1.52. The van der Waals surface area contributed by atoms with Gasteiger partial charge >= 0.3 is 0 Å². The van der Waals surface area contributed by atoms with Crippen molar-refractivity contribution in [2.45, 2.75) is 11.4 Å². The second-order valence-corrected chi connectivity index (χ2v) is 7.39. The molecule has 0 atom stereocenters. The predicted octanol–water partition coefficient (Wildman–Crippen LogP) is 2.17. The molecule has 0 bridgehead atoms. The fourth-order valence-electron chi connectivity index (χ4n) is 1.91. The van der Waals surface area contributed by atoms with E-state index in [-0.39, 0.29) is 17.1 Å². The number of benzene rings is 1. The normalized spacial score (nSPS) is 11.9. The van der Waals surface area contributed by atoms with Crippen molar-refractivity contribution < 1.29 is 13.2 Å². The number of anilines is 1. The van der Waals surface area contributed by atoms with Crippen molar-refractivity contribution in [2.24, 2.45) is 0 Å². The Balaban J connectivity index is 2.32. The van der Waals surface area contributed by atoms with Gasteiger partial charge in [0.15, 0.2) is 0 Å². The van der Waals surface area contributed by atoms with E-state index in [9.17, 15) is 8.42 Å². The van der Waals surface area contributed by atoms with Gasteiger partial charge in [0.2, 0.25) is 10.0 Å². The predicted molar refractivity (Wildman–Crippen MR) is 84.6 cm³/mol. The van der Waals surface area contributed by atoms with Crippen molar-refractivity contribution in [1.82, 2.24) is 4.31 Å². The highest BCUT2D eigenvalue weighted by Crippen LogP contribution is 2.24. The van der Waals surface area contributed by atoms with Crippen molar-refractivity contribution >= 4 is 27.0 Å². The van der Waals surface area contributed by atoms with Crippen LogP contribution in [0.15, 0.2) is 46.7 Å². The van der Waals surface area contributed by atoms with Crippen molar-refractivity contribution in [3.63, 3.8) is 0 Å². The van der Waals surface area contributed by atoms with Gasteiger partial charge in [0.25, 0.3) is 0 Å². The Bertz CT molecular complexity index is 669. The van der Waals surface area contributed by atoms with E-state index in [2.05, 4.69) is 0 Å². The molecule has 2 N–H and O–H groups in total. The van der Waals surface area contributed by atoms with E-state index >= 15 is 0 Å². The lowest BCUT2D eigenvalue weighted by molar-refractivity contribution is 0.177. The number of rotatable bonds is 7. The van der Waals surface area contributed by atoms with E-state index < -0.39 is 10.0 Å². The molecule has 1 heterocycles. The molecule has 114 valence electrons. The average Bonchev–Trinajstić information content (AvgIpc) is 2.96. The summed E-state index contributed by atoms with van der Waals surface area (Å²) in [4.78, 5) is 1.11. The lowest BCUT2D eigenvalue weighted by Gasteiger charge is -2.22. The van der Waals surface area contributed by atoms with Crippen LogP contribution in [0.1, 0.15) is 4.88 Å². The largest absolute Gasteiger partial charge is 0.398 e. The van der Waals surface area contributed by atoms with Gasteiger partial charge < -0.3 is 10.5 Å². The highest BCUT2D eigenvalue weighted by atomic mass is 32.2. The van der Waals surface area contributed by atoms with E-state index in [0.29, 0.717) is 13.2 Å². The Morgan fingerprint density at radius 2 is 2.00 bits per heavy atom. The summed E-state index contributed by atoms with van der Waals surface area (Å²) in [5.41, 5.74) is 6.07. The van der Waals surface area contributed by atoms with Gasteiger partial charge in [0.1, 0.15) is 4.90 Å². The second-order valence-electron chi connectivity index (χ2n) is 4.45. The molecule has 0 unspecified atom stereocenters. The summed E-state index contributed by atoms with van der Waals surface area (Å²) in [5, 5.41) is 1.92. The van der Waals surface area contributed by atoms with Gasteiger partial charge in [-0.15, -0.1) is 11.3 Å². The molecule has 0 aliphatic carbocycles. The van der Waals surface area contributed by atoms with Crippen LogP contribution in [0.3, 0.4) is 0 Å². The zero-order valence-corrected chi connectivity index (χ0v) is 13.4. The third-order valence-corrected chi connectivity index (χ3v) is 5.77. The zero-order valence-electron chi connectivity index (χ0n) is 11.7. The number of nitrogens with two attached hydrogens (primary N) is 1. The van der Waals surface area contributed by atoms with Gasteiger partial charge in [-0.05, 0) is 23.6 Å². The Hall–Kier alpha value is -1.41. The highest BCUT2D eigenvalue weighted by molar-refractivity contribution is 7.89. The lowest BCUT2D eigenvalue weighted by Crippen LogP contribution is -2.33. The Kier molecular flexibility index (Phi) is 5.35. The molecule has 0 aliphatic rings. The van der Waals surface area contributed by atoms with Gasteiger partial charge in [-0.1, -0.05) is 18.2 Å². The maximum atomic E-state index is 12.8. The first-order valence-electron chi connectivity index (χ1n) is 6.41. The number of para-hydroxylation sites is 1. The minimum atomic E-state index is -3.65. The summed E-state index contributed by atoms with van der Waals surface area (Å²) in [6.45, 7) is 0.931. The number of sulfonamides is 1. The number of hydrogen-bond acceptors (Lipinski definition) is 5. The molecule has 5 nitrogen and oxygen atoms in total. The van der Waals surface area contributed by atoms with E-state index in [1.165, 1.54) is 21.7 Å². The fourth-order valence-corrected chi connectivity index (χ4v) is 4.23. The summed E-state index contributed by atoms with van der Waals surface area (Å²) < 4.78 is 32.0. The van der Waals surface area contributed by atoms with Crippen LogP contribution in [0.25, 0.3) is 0 Å². The van der Waals surface area contributed by atoms with E-state index in [4.69, 9.17) is 10.5 Å². The van der Waals surface area contributed by atoms with E-state index in [1.54, 1.807) is 25.3 Å². The molecular formula is C14H18N2O3S2. The summed E-state index contributed by atoms with van der Waals surface area (Å²) in [5.74, 6) is 0. The Morgan fingerprint density at radius 3 is 2.62 bits per heavy atom. The third kappa shape index (κ3) is 3.82. The first-order chi connectivity index (χ1) is 10.1. The number of hydrogen-bond donors (Lipinski definition) is 1. The molecule has 0 spiro atoms. The van der Waals surface area contributed by atoms with E-state index in [1.807, 2.05) is 17.5 Å². The summed E-state index contributed by atoms with van der Waals surface area (Å²) in [6, 6.07) is 10.3. The smallest absolute Gasteiger partial charge is 0.245 e. The van der Waals surface area contributed by atoms with Gasteiger partial charge in [-0.2, -0.15) is 4.31 Å². The maximum absolute atomic E-state index is 12.8. The van der Waals surface area contributed by atoms with Crippen LogP contribution in [0.5, 0.6) is 0 Å². The van der Waals surface area contributed by atoms with Crippen molar-refractivity contribution in [3.8, 4) is 0 Å². The quantitative estimate of drug-likeness (QED) is 0.792. The number of ether oxygens (including phenoxy) is 1. The number of thiophene rings is 1. The Labute approximate surface area is 129 Å². The molecule has 21 heavy (non-hydrogen) atoms. The summed E-state index contributed by atoms with van der Waals surface area (Å²) in [7, 11) is -2.10. The van der Waals surface area contributed by atoms with Crippen LogP contribution in [-0.4, -0.2) is 33.0 Å². The highest BCUT2D eigenvalue weighted by Gasteiger charge is 2.26. The second kappa shape index (κ2) is 7.04. The Morgan fingerprint density at radius 1 is 1.24 bits per heavy atom. The molecule has 0 radical (unpaired) electrons. The third-order valence-electron chi connectivity index (χ3n) is 2.99. The molecule has 2 aromatic rings. The van der Waals surface area contributed by atoms with Crippen molar-refractivity contribution in [1.29, 1.82) is 0 Å². The molecule has 0 saturated carbocycles. The topological polar surface area (TPSA) is 72.6 Å². The number of nitrogen functional groups attached to an aromatic ring is 1. The molecule has 7 heteroatoms. The van der Waals surface area contributed by atoms with Crippen LogP contribution in [0.2, 0.25) is 0 Å². The number of methoxy groups -OCH3 is 1. The molecule has 2 rings (SSSR count). The first-order valence-corrected chi connectivity index (χ1v) is 8.73. The maximum Gasteiger partial charge on any atom is 0.245 e. The fraction of sp³-hybridized carbons (Fsp3) is 0.286. The van der Waals surface area contributed by atoms with Gasteiger partial charge in [-0.25, -0.2) is 8.42 Å². The average molecular weight is 326 g/mol. The SMILES string of the molecule is COCCN(Cc1cccs1)S(=O)(=O)c1ccccc1N. The molecular weight excluding hydrogens is 308 g/mol. The van der Waals surface area contributed by atoms with Crippen molar-refractivity contribution in [2.75, 3.05) is 26.0 Å². The van der Waals surface area contributed by atoms with Crippen LogP contribution in [-0.2, 0) is 21.3 Å². The van der Waals surface area contributed by atoms with E-state index in [0.717, 1.165) is 4.88 Å². The summed E-state index contributed by atoms with van der Waals surface area (Å²) in [6.07, 6.45) is 0. The van der Waals surface area contributed by atoms with Crippen molar-refractivity contribution in [3.05, 3.63) is 46.7 Å². The monoisotopic (exact) mass is 326 g/mol. The molecule has 1 aromatic carbocycles. The number of nitrogens with zero attached hydrogens (tertiary/aromatic N) is 1. The molecule has 1 aromatic heterocycles. The van der Waals surface area contributed by atoms with Crippen LogP contribution in [0.4, 0.5) is 5.69 Å². The molecule has 0 fully saturated rings. The van der Waals surface area contributed by atoms with Gasteiger partial charge in [0.05, 0.1) is 12.3 Å².